The van der Waals surface area contributed by atoms with Gasteiger partial charge in [0, 0.05) is 34.1 Å². The van der Waals surface area contributed by atoms with Crippen LogP contribution in [0.2, 0.25) is 10.0 Å². The number of amides is 2. The number of aromatic hydroxyl groups is 1. The molecule has 0 saturated carbocycles. The van der Waals surface area contributed by atoms with E-state index in [9.17, 15) is 14.7 Å². The standard InChI is InChI=1S/C18H17Cl2N3O3/c1-11-2-4-14(9-15(11)20)22-17(25)6-7-18(26)23-21-10-12-8-13(19)3-5-16(12)24/h2-5,8-10,24H,6-7H2,1H3,(H,22,25)(H,23,26). The van der Waals surface area contributed by atoms with Crippen molar-refractivity contribution in [3.05, 3.63) is 57.6 Å². The Bertz CT molecular complexity index is 854. The first kappa shape index (κ1) is 19.8. The Hall–Kier alpha value is -2.57. The second kappa shape index (κ2) is 9.22. The Labute approximate surface area is 160 Å². The second-order valence-corrected chi connectivity index (χ2v) is 6.35. The predicted octanol–water partition coefficient (Wildman–Crippen LogP) is 3.88. The SMILES string of the molecule is Cc1ccc(NC(=O)CCC(=O)NN=Cc2cc(Cl)ccc2O)cc1Cl. The van der Waals surface area contributed by atoms with Gasteiger partial charge in [-0.15, -0.1) is 0 Å². The van der Waals surface area contributed by atoms with E-state index in [2.05, 4.69) is 15.8 Å². The molecule has 0 aliphatic carbocycles. The number of nitrogens with one attached hydrogen (secondary N) is 2. The molecule has 0 aliphatic rings. The van der Waals surface area contributed by atoms with Gasteiger partial charge in [0.2, 0.25) is 11.8 Å². The molecule has 2 aromatic rings. The van der Waals surface area contributed by atoms with Gasteiger partial charge in [-0.2, -0.15) is 5.10 Å². The summed E-state index contributed by atoms with van der Waals surface area (Å²) in [6.07, 6.45) is 1.23. The molecular weight excluding hydrogens is 377 g/mol. The molecule has 2 aromatic carbocycles. The number of hydrogen-bond donors (Lipinski definition) is 3. The highest BCUT2D eigenvalue weighted by Gasteiger charge is 2.08. The minimum Gasteiger partial charge on any atom is -0.507 e. The van der Waals surface area contributed by atoms with Gasteiger partial charge in [0.1, 0.15) is 5.75 Å². The number of hydrazone groups is 1. The average Bonchev–Trinajstić information content (AvgIpc) is 2.59. The van der Waals surface area contributed by atoms with Crippen LogP contribution in [-0.4, -0.2) is 23.1 Å². The minimum absolute atomic E-state index is 0.00470. The minimum atomic E-state index is -0.431. The number of phenolic OH excluding ortho intramolecular Hbond substituents is 1. The summed E-state index contributed by atoms with van der Waals surface area (Å²) in [4.78, 5) is 23.6. The molecule has 6 nitrogen and oxygen atoms in total. The van der Waals surface area contributed by atoms with Crippen LogP contribution in [0.25, 0.3) is 0 Å². The van der Waals surface area contributed by atoms with Crippen LogP contribution < -0.4 is 10.7 Å². The largest absolute Gasteiger partial charge is 0.507 e. The van der Waals surface area contributed by atoms with Crippen LogP contribution in [0.5, 0.6) is 5.75 Å². The average molecular weight is 394 g/mol. The van der Waals surface area contributed by atoms with Crippen LogP contribution in [0.3, 0.4) is 0 Å². The number of carbonyl (C=O) groups excluding carboxylic acids is 2. The van der Waals surface area contributed by atoms with Crippen molar-refractivity contribution in [3.8, 4) is 5.75 Å². The monoisotopic (exact) mass is 393 g/mol. The summed E-state index contributed by atoms with van der Waals surface area (Å²) in [5.41, 5.74) is 4.14. The van der Waals surface area contributed by atoms with Crippen LogP contribution in [0.4, 0.5) is 5.69 Å². The highest BCUT2D eigenvalue weighted by Crippen LogP contribution is 2.20. The molecule has 26 heavy (non-hydrogen) atoms. The van der Waals surface area contributed by atoms with E-state index < -0.39 is 5.91 Å². The second-order valence-electron chi connectivity index (χ2n) is 5.51. The molecule has 0 radical (unpaired) electrons. The lowest BCUT2D eigenvalue weighted by molar-refractivity contribution is -0.124. The first-order valence-electron chi connectivity index (χ1n) is 7.71. The maximum Gasteiger partial charge on any atom is 0.240 e. The van der Waals surface area contributed by atoms with Crippen LogP contribution in [0.1, 0.15) is 24.0 Å². The number of aryl methyl sites for hydroxylation is 1. The third-order valence-electron chi connectivity index (χ3n) is 3.42. The Morgan fingerprint density at radius 3 is 2.58 bits per heavy atom. The van der Waals surface area contributed by atoms with E-state index in [0.717, 1.165) is 5.56 Å². The zero-order chi connectivity index (χ0) is 19.1. The highest BCUT2D eigenvalue weighted by atomic mass is 35.5. The van der Waals surface area contributed by atoms with Crippen molar-refractivity contribution in [2.24, 2.45) is 5.10 Å². The lowest BCUT2D eigenvalue weighted by Crippen LogP contribution is -2.20. The Morgan fingerprint density at radius 1 is 1.12 bits per heavy atom. The van der Waals surface area contributed by atoms with Crippen molar-refractivity contribution in [2.75, 3.05) is 5.32 Å². The topological polar surface area (TPSA) is 90.8 Å². The van der Waals surface area contributed by atoms with E-state index in [-0.39, 0.29) is 24.5 Å². The van der Waals surface area contributed by atoms with Crippen molar-refractivity contribution in [1.29, 1.82) is 0 Å². The van der Waals surface area contributed by atoms with Gasteiger partial charge in [-0.1, -0.05) is 29.3 Å². The summed E-state index contributed by atoms with van der Waals surface area (Å²) in [6.45, 7) is 1.86. The van der Waals surface area contributed by atoms with E-state index in [0.29, 0.717) is 21.3 Å². The van der Waals surface area contributed by atoms with Gasteiger partial charge >= 0.3 is 0 Å². The van der Waals surface area contributed by atoms with Crippen LogP contribution >= 0.6 is 23.2 Å². The first-order valence-corrected chi connectivity index (χ1v) is 8.47. The van der Waals surface area contributed by atoms with E-state index >= 15 is 0 Å². The van der Waals surface area contributed by atoms with E-state index in [4.69, 9.17) is 23.2 Å². The van der Waals surface area contributed by atoms with Gasteiger partial charge in [-0.05, 0) is 42.8 Å². The normalized spacial score (nSPS) is 10.7. The number of rotatable bonds is 6. The summed E-state index contributed by atoms with van der Waals surface area (Å²) >= 11 is 11.8. The molecule has 136 valence electrons. The van der Waals surface area contributed by atoms with Crippen molar-refractivity contribution in [1.82, 2.24) is 5.43 Å². The Morgan fingerprint density at radius 2 is 1.85 bits per heavy atom. The van der Waals surface area contributed by atoms with E-state index in [1.54, 1.807) is 18.2 Å². The fourth-order valence-corrected chi connectivity index (χ4v) is 2.34. The number of phenols is 1. The molecule has 0 heterocycles. The molecule has 0 fully saturated rings. The van der Waals surface area contributed by atoms with Gasteiger partial charge in [0.15, 0.2) is 0 Å². The van der Waals surface area contributed by atoms with Gasteiger partial charge < -0.3 is 10.4 Å². The third-order valence-corrected chi connectivity index (χ3v) is 4.06. The molecule has 3 N–H and O–H groups in total. The fourth-order valence-electron chi connectivity index (χ4n) is 1.98. The molecule has 2 amide bonds. The van der Waals surface area contributed by atoms with Gasteiger partial charge in [0.05, 0.1) is 6.21 Å². The van der Waals surface area contributed by atoms with Gasteiger partial charge in [-0.25, -0.2) is 5.43 Å². The van der Waals surface area contributed by atoms with Crippen molar-refractivity contribution >= 4 is 46.9 Å². The maximum absolute atomic E-state index is 11.9. The van der Waals surface area contributed by atoms with Crippen molar-refractivity contribution < 1.29 is 14.7 Å². The Kier molecular flexibility index (Phi) is 7.00. The molecule has 0 saturated heterocycles. The summed E-state index contributed by atoms with van der Waals surface area (Å²) in [7, 11) is 0. The molecular formula is C18H17Cl2N3O3. The first-order chi connectivity index (χ1) is 12.3. The lowest BCUT2D eigenvalue weighted by Gasteiger charge is -2.06. The summed E-state index contributed by atoms with van der Waals surface area (Å²) in [5, 5.41) is 17.0. The van der Waals surface area contributed by atoms with E-state index in [1.165, 1.54) is 24.4 Å². The molecule has 0 aromatic heterocycles. The summed E-state index contributed by atoms with van der Waals surface area (Å²) < 4.78 is 0. The number of carbonyl (C=O) groups is 2. The number of halogens is 2. The molecule has 2 rings (SSSR count). The van der Waals surface area contributed by atoms with Gasteiger partial charge in [0.25, 0.3) is 0 Å². The van der Waals surface area contributed by atoms with E-state index in [1.807, 2.05) is 6.92 Å². The molecule has 0 spiro atoms. The number of benzene rings is 2. The summed E-state index contributed by atoms with van der Waals surface area (Å²) in [6, 6.07) is 9.65. The molecule has 0 unspecified atom stereocenters. The Balaban J connectivity index is 1.79. The molecule has 0 bridgehead atoms. The molecule has 0 aliphatic heterocycles. The van der Waals surface area contributed by atoms with Crippen LogP contribution in [-0.2, 0) is 9.59 Å². The zero-order valence-corrected chi connectivity index (χ0v) is 15.4. The van der Waals surface area contributed by atoms with Crippen LogP contribution in [0, 0.1) is 6.92 Å². The zero-order valence-electron chi connectivity index (χ0n) is 13.9. The highest BCUT2D eigenvalue weighted by molar-refractivity contribution is 6.31. The van der Waals surface area contributed by atoms with Crippen molar-refractivity contribution in [2.45, 2.75) is 19.8 Å². The maximum atomic E-state index is 11.9. The molecule has 0 atom stereocenters. The number of anilines is 1. The van der Waals surface area contributed by atoms with Gasteiger partial charge in [-0.3, -0.25) is 9.59 Å². The number of hydrogen-bond acceptors (Lipinski definition) is 4. The lowest BCUT2D eigenvalue weighted by atomic mass is 10.2. The van der Waals surface area contributed by atoms with Crippen molar-refractivity contribution in [3.63, 3.8) is 0 Å². The summed E-state index contributed by atoms with van der Waals surface area (Å²) in [5.74, 6) is -0.750. The molecule has 8 heteroatoms. The number of nitrogens with zero attached hydrogens (tertiary/aromatic N) is 1. The smallest absolute Gasteiger partial charge is 0.240 e. The predicted molar refractivity (Wildman–Crippen MR) is 103 cm³/mol. The van der Waals surface area contributed by atoms with Crippen LogP contribution in [0.15, 0.2) is 41.5 Å². The quantitative estimate of drug-likeness (QED) is 0.513. The fraction of sp³-hybridized carbons (Fsp3) is 0.167. The third kappa shape index (κ3) is 6.06.